The number of fused-ring (bicyclic) bond motifs is 2. The summed E-state index contributed by atoms with van der Waals surface area (Å²) in [5, 5.41) is 17.2. The number of benzene rings is 3. The van der Waals surface area contributed by atoms with Crippen molar-refractivity contribution in [2.24, 2.45) is 0 Å². The van der Waals surface area contributed by atoms with E-state index in [0.29, 0.717) is 13.1 Å². The highest BCUT2D eigenvalue weighted by Crippen LogP contribution is 2.31. The molecule has 0 unspecified atom stereocenters. The molecule has 2 atom stereocenters. The highest BCUT2D eigenvalue weighted by Gasteiger charge is 2.28. The molecule has 0 radical (unpaired) electrons. The van der Waals surface area contributed by atoms with E-state index < -0.39 is 23.9 Å². The van der Waals surface area contributed by atoms with Gasteiger partial charge in [-0.2, -0.15) is 0 Å². The van der Waals surface area contributed by atoms with Crippen LogP contribution >= 0.6 is 23.2 Å². The molecule has 1 aliphatic heterocycles. The molecule has 2 aliphatic rings. The van der Waals surface area contributed by atoms with Crippen molar-refractivity contribution in [3.63, 3.8) is 0 Å². The van der Waals surface area contributed by atoms with Crippen LogP contribution in [0.3, 0.4) is 0 Å². The fraction of sp³-hybridized carbons (Fsp3) is 0.267. The van der Waals surface area contributed by atoms with Crippen LogP contribution in [0.15, 0.2) is 60.7 Å². The minimum atomic E-state index is -1.45. The van der Waals surface area contributed by atoms with Crippen LogP contribution in [0.4, 0.5) is 4.79 Å². The van der Waals surface area contributed by atoms with Crippen molar-refractivity contribution >= 4 is 47.0 Å². The Morgan fingerprint density at radius 3 is 2.29 bits per heavy atom. The Morgan fingerprint density at radius 2 is 1.59 bits per heavy atom. The molecule has 0 aromatic heterocycles. The van der Waals surface area contributed by atoms with Crippen LogP contribution in [0.5, 0.6) is 0 Å². The molecule has 0 spiro atoms. The van der Waals surface area contributed by atoms with E-state index in [1.807, 2.05) is 48.5 Å². The van der Waals surface area contributed by atoms with E-state index in [-0.39, 0.29) is 39.7 Å². The lowest BCUT2D eigenvalue weighted by molar-refractivity contribution is -0.139. The second-order valence-electron chi connectivity index (χ2n) is 10.1. The number of aliphatic carboxylic acids is 1. The maximum atomic E-state index is 13.2. The van der Waals surface area contributed by atoms with Crippen LogP contribution in [0.2, 0.25) is 10.0 Å². The van der Waals surface area contributed by atoms with Crippen LogP contribution < -0.4 is 16.0 Å². The first-order chi connectivity index (χ1) is 19.7. The molecule has 3 aromatic rings. The molecule has 0 fully saturated rings. The SMILES string of the molecule is O=C(NC[C@H](NC(=O)c1c(Cl)cc(C(=O)N2CCc3ccccc3C2)cc1Cl)C(=O)O)N[C@@H]1CCc2ccccc21. The lowest BCUT2D eigenvalue weighted by Crippen LogP contribution is -2.50. The average molecular weight is 595 g/mol. The number of hydrogen-bond acceptors (Lipinski definition) is 4. The number of carbonyl (C=O) groups excluding carboxylic acids is 3. The molecule has 5 rings (SSSR count). The molecule has 9 nitrogen and oxygen atoms in total. The normalized spacial score (nSPS) is 16.2. The van der Waals surface area contributed by atoms with Crippen molar-refractivity contribution in [1.29, 1.82) is 0 Å². The standard InChI is InChI=1S/C30H28Cl2N4O5/c31-22-13-20(28(38)36-12-11-17-5-1-2-7-19(17)16-36)14-23(32)26(22)27(37)34-25(29(39)40)15-33-30(41)35-24-10-9-18-6-3-4-8-21(18)24/h1-8,13-14,24-25H,9-12,15-16H2,(H,34,37)(H,39,40)(H2,33,35,41)/t24-,25+/m1/s1. The predicted octanol–water partition coefficient (Wildman–Crippen LogP) is 4.36. The van der Waals surface area contributed by atoms with E-state index in [2.05, 4.69) is 16.0 Å². The molecule has 3 aromatic carbocycles. The summed E-state index contributed by atoms with van der Waals surface area (Å²) in [6.45, 7) is 0.603. The van der Waals surface area contributed by atoms with E-state index >= 15 is 0 Å². The molecule has 4 amide bonds. The van der Waals surface area contributed by atoms with Gasteiger partial charge in [0.15, 0.2) is 0 Å². The van der Waals surface area contributed by atoms with Gasteiger partial charge in [-0.15, -0.1) is 0 Å². The zero-order valence-electron chi connectivity index (χ0n) is 22.0. The topological polar surface area (TPSA) is 128 Å². The number of nitrogens with zero attached hydrogens (tertiary/aromatic N) is 1. The number of aryl methyl sites for hydroxylation is 1. The smallest absolute Gasteiger partial charge is 0.328 e. The quantitative estimate of drug-likeness (QED) is 0.323. The van der Waals surface area contributed by atoms with Crippen molar-refractivity contribution in [1.82, 2.24) is 20.9 Å². The van der Waals surface area contributed by atoms with Crippen molar-refractivity contribution in [3.05, 3.63) is 104 Å². The van der Waals surface area contributed by atoms with Crippen LogP contribution in [-0.4, -0.2) is 53.0 Å². The number of carboxylic acid groups (broad SMARTS) is 1. The van der Waals surface area contributed by atoms with E-state index in [9.17, 15) is 24.3 Å². The van der Waals surface area contributed by atoms with Crippen LogP contribution in [0, 0.1) is 0 Å². The number of rotatable bonds is 7. The third kappa shape index (κ3) is 6.31. The summed E-state index contributed by atoms with van der Waals surface area (Å²) in [4.78, 5) is 52.2. The first-order valence-electron chi connectivity index (χ1n) is 13.2. The maximum absolute atomic E-state index is 13.2. The second kappa shape index (κ2) is 12.2. The molecular weight excluding hydrogens is 567 g/mol. The number of carbonyl (C=O) groups is 4. The Kier molecular flexibility index (Phi) is 8.46. The summed E-state index contributed by atoms with van der Waals surface area (Å²) in [5.41, 5.74) is 4.52. The number of amides is 4. The van der Waals surface area contributed by atoms with Crippen molar-refractivity contribution in [3.8, 4) is 0 Å². The Bertz CT molecular complexity index is 1510. The van der Waals surface area contributed by atoms with Gasteiger partial charge >= 0.3 is 12.0 Å². The number of hydrogen-bond donors (Lipinski definition) is 4. The van der Waals surface area contributed by atoms with Crippen molar-refractivity contribution in [2.45, 2.75) is 37.9 Å². The Hall–Kier alpha value is -4.08. The minimum Gasteiger partial charge on any atom is -0.480 e. The van der Waals surface area contributed by atoms with Gasteiger partial charge in [-0.1, -0.05) is 71.7 Å². The fourth-order valence-electron chi connectivity index (χ4n) is 5.31. The van der Waals surface area contributed by atoms with Crippen LogP contribution in [0.1, 0.15) is 55.4 Å². The minimum absolute atomic E-state index is 0.0921. The number of nitrogens with one attached hydrogen (secondary N) is 3. The van der Waals surface area contributed by atoms with Gasteiger partial charge in [0.2, 0.25) is 0 Å². The summed E-state index contributed by atoms with van der Waals surface area (Å²) < 4.78 is 0. The Balaban J connectivity index is 1.21. The first-order valence-corrected chi connectivity index (χ1v) is 14.0. The molecule has 0 bridgehead atoms. The van der Waals surface area contributed by atoms with Crippen molar-refractivity contribution in [2.75, 3.05) is 13.1 Å². The second-order valence-corrected chi connectivity index (χ2v) is 10.9. The summed E-state index contributed by atoms with van der Waals surface area (Å²) in [5.74, 6) is -2.47. The third-order valence-electron chi connectivity index (χ3n) is 7.44. The zero-order valence-corrected chi connectivity index (χ0v) is 23.5. The summed E-state index contributed by atoms with van der Waals surface area (Å²) in [6, 6.07) is 16.2. The van der Waals surface area contributed by atoms with Gasteiger partial charge in [0.05, 0.1) is 28.2 Å². The van der Waals surface area contributed by atoms with Gasteiger partial charge in [-0.05, 0) is 53.6 Å². The molecule has 0 saturated heterocycles. The van der Waals surface area contributed by atoms with E-state index in [1.54, 1.807) is 4.90 Å². The summed E-state index contributed by atoms with van der Waals surface area (Å²) in [7, 11) is 0. The average Bonchev–Trinajstić information content (AvgIpc) is 3.36. The van der Waals surface area contributed by atoms with E-state index in [1.165, 1.54) is 17.7 Å². The first kappa shape index (κ1) is 28.4. The van der Waals surface area contributed by atoms with Gasteiger partial charge in [0.1, 0.15) is 6.04 Å². The molecule has 4 N–H and O–H groups in total. The Labute approximate surface area is 246 Å². The van der Waals surface area contributed by atoms with Gasteiger partial charge in [0.25, 0.3) is 11.8 Å². The summed E-state index contributed by atoms with van der Waals surface area (Å²) in [6.07, 6.45) is 2.31. The molecule has 212 valence electrons. The lowest BCUT2D eigenvalue weighted by atomic mass is 9.99. The third-order valence-corrected chi connectivity index (χ3v) is 8.04. The summed E-state index contributed by atoms with van der Waals surface area (Å²) >= 11 is 12.8. The fourth-order valence-corrected chi connectivity index (χ4v) is 5.97. The van der Waals surface area contributed by atoms with Crippen LogP contribution in [-0.2, 0) is 24.2 Å². The molecule has 1 aliphatic carbocycles. The largest absolute Gasteiger partial charge is 0.480 e. The van der Waals surface area contributed by atoms with Gasteiger partial charge in [-0.3, -0.25) is 9.59 Å². The Morgan fingerprint density at radius 1 is 0.927 bits per heavy atom. The van der Waals surface area contributed by atoms with Crippen LogP contribution in [0.25, 0.3) is 0 Å². The van der Waals surface area contributed by atoms with Gasteiger partial charge in [-0.25, -0.2) is 9.59 Å². The molecular formula is C30H28Cl2N4O5. The van der Waals surface area contributed by atoms with E-state index in [0.717, 1.165) is 36.0 Å². The van der Waals surface area contributed by atoms with E-state index in [4.69, 9.17) is 23.2 Å². The van der Waals surface area contributed by atoms with Gasteiger partial charge in [0, 0.05) is 18.7 Å². The zero-order chi connectivity index (χ0) is 29.1. The predicted molar refractivity (Wildman–Crippen MR) is 154 cm³/mol. The molecule has 11 heteroatoms. The monoisotopic (exact) mass is 594 g/mol. The highest BCUT2D eigenvalue weighted by atomic mass is 35.5. The highest BCUT2D eigenvalue weighted by molar-refractivity contribution is 6.40. The van der Waals surface area contributed by atoms with Crippen molar-refractivity contribution < 1.29 is 24.3 Å². The molecule has 0 saturated carbocycles. The van der Waals surface area contributed by atoms with Gasteiger partial charge < -0.3 is 26.0 Å². The lowest BCUT2D eigenvalue weighted by Gasteiger charge is -2.29. The number of halogens is 2. The number of carboxylic acids is 1. The molecule has 1 heterocycles. The molecule has 41 heavy (non-hydrogen) atoms. The number of urea groups is 1. The maximum Gasteiger partial charge on any atom is 0.328 e.